The zero-order chi connectivity index (χ0) is 24.9. The number of thiazole rings is 1. The second kappa shape index (κ2) is 11.3. The molecule has 4 aromatic rings. The molecule has 3 aromatic heterocycles. The van der Waals surface area contributed by atoms with Crippen LogP contribution in [0.2, 0.25) is 0 Å². The molecular weight excluding hydrogens is 494 g/mol. The standard InChI is InChI=1S/C27H29N3O4S2/c1-18-23(27(31)28-14-21-5-3-11-33-21)13-25(30(18)15-22-6-4-12-35-22)24-17-36-26(29-24)16-34-20-9-7-19(32-2)8-10-20/h4,6-10,12-13,17,21H,3,5,11,14-16H2,1-2H3,(H,28,31). The van der Waals surface area contributed by atoms with Gasteiger partial charge in [-0.1, -0.05) is 6.07 Å². The Bertz CT molecular complexity index is 1290. The van der Waals surface area contributed by atoms with Crippen molar-refractivity contribution in [2.24, 2.45) is 0 Å². The van der Waals surface area contributed by atoms with E-state index in [1.807, 2.05) is 48.7 Å². The summed E-state index contributed by atoms with van der Waals surface area (Å²) in [5.74, 6) is 1.47. The molecule has 0 spiro atoms. The highest BCUT2D eigenvalue weighted by Gasteiger charge is 2.22. The van der Waals surface area contributed by atoms with E-state index >= 15 is 0 Å². The minimum Gasteiger partial charge on any atom is -0.497 e. The summed E-state index contributed by atoms with van der Waals surface area (Å²) in [4.78, 5) is 19.2. The van der Waals surface area contributed by atoms with Gasteiger partial charge in [-0.2, -0.15) is 0 Å². The van der Waals surface area contributed by atoms with Crippen molar-refractivity contribution in [1.82, 2.24) is 14.9 Å². The van der Waals surface area contributed by atoms with E-state index in [9.17, 15) is 4.79 Å². The van der Waals surface area contributed by atoms with Gasteiger partial charge in [0.2, 0.25) is 0 Å². The first-order valence-electron chi connectivity index (χ1n) is 11.9. The highest BCUT2D eigenvalue weighted by atomic mass is 32.1. The van der Waals surface area contributed by atoms with Crippen LogP contribution in [0.4, 0.5) is 0 Å². The topological polar surface area (TPSA) is 74.6 Å². The third kappa shape index (κ3) is 5.64. The van der Waals surface area contributed by atoms with Crippen molar-refractivity contribution in [2.45, 2.75) is 39.0 Å². The first kappa shape index (κ1) is 24.5. The van der Waals surface area contributed by atoms with Crippen molar-refractivity contribution in [3.8, 4) is 22.9 Å². The van der Waals surface area contributed by atoms with E-state index in [1.165, 1.54) is 4.88 Å². The van der Waals surface area contributed by atoms with E-state index in [0.29, 0.717) is 25.3 Å². The molecule has 9 heteroatoms. The summed E-state index contributed by atoms with van der Waals surface area (Å²) in [7, 11) is 1.64. The molecule has 0 bridgehead atoms. The van der Waals surface area contributed by atoms with Gasteiger partial charge in [0.05, 0.1) is 36.7 Å². The minimum absolute atomic E-state index is 0.0764. The molecule has 4 heterocycles. The van der Waals surface area contributed by atoms with Crippen molar-refractivity contribution in [2.75, 3.05) is 20.3 Å². The van der Waals surface area contributed by atoms with Gasteiger partial charge in [0.25, 0.3) is 5.91 Å². The van der Waals surface area contributed by atoms with Gasteiger partial charge in [-0.25, -0.2) is 4.98 Å². The molecule has 0 saturated carbocycles. The van der Waals surface area contributed by atoms with E-state index in [-0.39, 0.29) is 12.0 Å². The molecule has 36 heavy (non-hydrogen) atoms. The van der Waals surface area contributed by atoms with Crippen LogP contribution in [-0.2, 0) is 17.9 Å². The van der Waals surface area contributed by atoms with Crippen molar-refractivity contribution < 1.29 is 19.0 Å². The predicted octanol–water partition coefficient (Wildman–Crippen LogP) is 5.53. The molecule has 1 N–H and O–H groups in total. The van der Waals surface area contributed by atoms with Crippen LogP contribution in [0.5, 0.6) is 11.5 Å². The fourth-order valence-corrected chi connectivity index (χ4v) is 5.66. The Morgan fingerprint density at radius 1 is 1.22 bits per heavy atom. The van der Waals surface area contributed by atoms with E-state index in [1.54, 1.807) is 29.8 Å². The first-order valence-corrected chi connectivity index (χ1v) is 13.7. The van der Waals surface area contributed by atoms with Crippen LogP contribution < -0.4 is 14.8 Å². The lowest BCUT2D eigenvalue weighted by Crippen LogP contribution is -2.32. The van der Waals surface area contributed by atoms with Crippen LogP contribution in [0.15, 0.2) is 53.2 Å². The van der Waals surface area contributed by atoms with Gasteiger partial charge >= 0.3 is 0 Å². The predicted molar refractivity (Wildman–Crippen MR) is 142 cm³/mol. The van der Waals surface area contributed by atoms with Crippen LogP contribution in [0.1, 0.15) is 38.8 Å². The second-order valence-corrected chi connectivity index (χ2v) is 10.6. The Morgan fingerprint density at radius 2 is 2.06 bits per heavy atom. The number of hydrogen-bond donors (Lipinski definition) is 1. The number of thiophene rings is 1. The van der Waals surface area contributed by atoms with Crippen LogP contribution in [0.25, 0.3) is 11.4 Å². The minimum atomic E-state index is -0.0764. The molecule has 1 aromatic carbocycles. The number of carbonyl (C=O) groups excluding carboxylic acids is 1. The molecule has 1 saturated heterocycles. The number of benzene rings is 1. The monoisotopic (exact) mass is 523 g/mol. The number of ether oxygens (including phenoxy) is 3. The fourth-order valence-electron chi connectivity index (χ4n) is 4.27. The molecule has 1 aliphatic rings. The molecule has 1 aliphatic heterocycles. The van der Waals surface area contributed by atoms with Crippen molar-refractivity contribution >= 4 is 28.6 Å². The van der Waals surface area contributed by atoms with Crippen LogP contribution >= 0.6 is 22.7 Å². The van der Waals surface area contributed by atoms with Gasteiger partial charge in [0, 0.05) is 29.1 Å². The summed E-state index contributed by atoms with van der Waals surface area (Å²) in [5.41, 5.74) is 3.36. The van der Waals surface area contributed by atoms with Gasteiger partial charge in [0.1, 0.15) is 23.1 Å². The molecule has 1 unspecified atom stereocenters. The van der Waals surface area contributed by atoms with Gasteiger partial charge in [-0.3, -0.25) is 4.79 Å². The Kier molecular flexibility index (Phi) is 7.69. The molecule has 7 nitrogen and oxygen atoms in total. The second-order valence-electron chi connectivity index (χ2n) is 8.63. The Morgan fingerprint density at radius 3 is 2.78 bits per heavy atom. The largest absolute Gasteiger partial charge is 0.497 e. The van der Waals surface area contributed by atoms with Crippen molar-refractivity contribution in [1.29, 1.82) is 0 Å². The number of carbonyl (C=O) groups is 1. The zero-order valence-electron chi connectivity index (χ0n) is 20.4. The molecule has 188 valence electrons. The first-order chi connectivity index (χ1) is 17.6. The number of rotatable bonds is 10. The highest BCUT2D eigenvalue weighted by molar-refractivity contribution is 7.10. The number of nitrogens with zero attached hydrogens (tertiary/aromatic N) is 2. The summed E-state index contributed by atoms with van der Waals surface area (Å²) in [6.07, 6.45) is 2.15. The number of methoxy groups -OCH3 is 1. The zero-order valence-corrected chi connectivity index (χ0v) is 22.0. The molecule has 0 radical (unpaired) electrons. The Balaban J connectivity index is 1.35. The van der Waals surface area contributed by atoms with Gasteiger partial charge < -0.3 is 24.1 Å². The van der Waals surface area contributed by atoms with E-state index < -0.39 is 0 Å². The normalized spacial score (nSPS) is 15.2. The molecule has 1 atom stereocenters. The number of hydrogen-bond acceptors (Lipinski definition) is 7. The van der Waals surface area contributed by atoms with Gasteiger partial charge in [-0.15, -0.1) is 22.7 Å². The SMILES string of the molecule is COc1ccc(OCc2nc(-c3cc(C(=O)NCC4CCCO4)c(C)n3Cc3cccs3)cs2)cc1. The van der Waals surface area contributed by atoms with Gasteiger partial charge in [0.15, 0.2) is 0 Å². The molecule has 1 fully saturated rings. The number of nitrogens with one attached hydrogen (secondary N) is 1. The van der Waals surface area contributed by atoms with Crippen LogP contribution in [0, 0.1) is 6.92 Å². The lowest BCUT2D eigenvalue weighted by Gasteiger charge is -2.12. The summed E-state index contributed by atoms with van der Waals surface area (Å²) in [5, 5.41) is 8.03. The lowest BCUT2D eigenvalue weighted by atomic mass is 10.2. The lowest BCUT2D eigenvalue weighted by molar-refractivity contribution is 0.0857. The molecule has 0 aliphatic carbocycles. The van der Waals surface area contributed by atoms with E-state index in [2.05, 4.69) is 21.3 Å². The van der Waals surface area contributed by atoms with E-state index in [0.717, 1.165) is 53.0 Å². The van der Waals surface area contributed by atoms with Gasteiger partial charge in [-0.05, 0) is 61.5 Å². The molecule has 1 amide bonds. The van der Waals surface area contributed by atoms with Crippen LogP contribution in [0.3, 0.4) is 0 Å². The maximum atomic E-state index is 13.1. The van der Waals surface area contributed by atoms with Crippen molar-refractivity contribution in [3.05, 3.63) is 74.4 Å². The molecule has 5 rings (SSSR count). The maximum Gasteiger partial charge on any atom is 0.253 e. The van der Waals surface area contributed by atoms with E-state index in [4.69, 9.17) is 19.2 Å². The summed E-state index contributed by atoms with van der Waals surface area (Å²) < 4.78 is 19.0. The summed E-state index contributed by atoms with van der Waals surface area (Å²) in [6.45, 7) is 4.37. The fraction of sp³-hybridized carbons (Fsp3) is 0.333. The smallest absolute Gasteiger partial charge is 0.253 e. The Labute approximate surface area is 218 Å². The third-order valence-electron chi connectivity index (χ3n) is 6.26. The number of aromatic nitrogens is 2. The summed E-state index contributed by atoms with van der Waals surface area (Å²) >= 11 is 3.25. The highest BCUT2D eigenvalue weighted by Crippen LogP contribution is 2.30. The summed E-state index contributed by atoms with van der Waals surface area (Å²) in [6, 6.07) is 13.6. The Hall–Kier alpha value is -3.14. The quantitative estimate of drug-likeness (QED) is 0.296. The third-order valence-corrected chi connectivity index (χ3v) is 7.94. The average molecular weight is 524 g/mol. The van der Waals surface area contributed by atoms with Crippen LogP contribution in [-0.4, -0.2) is 41.8 Å². The maximum absolute atomic E-state index is 13.1. The number of amides is 1. The van der Waals surface area contributed by atoms with Crippen molar-refractivity contribution in [3.63, 3.8) is 0 Å². The molecular formula is C27H29N3O4S2. The average Bonchev–Trinajstić information content (AvgIpc) is 3.71.